The smallest absolute Gasteiger partial charge is 0.409 e. The lowest BCUT2D eigenvalue weighted by atomic mass is 10.1. The second-order valence-electron chi connectivity index (χ2n) is 6.90. The molecule has 0 aliphatic carbocycles. The summed E-state index contributed by atoms with van der Waals surface area (Å²) in [5.41, 5.74) is 4.56. The van der Waals surface area contributed by atoms with Gasteiger partial charge in [-0.25, -0.2) is 9.78 Å². The van der Waals surface area contributed by atoms with Crippen molar-refractivity contribution in [2.24, 2.45) is 0 Å². The van der Waals surface area contributed by atoms with Gasteiger partial charge in [0, 0.05) is 44.9 Å². The van der Waals surface area contributed by atoms with E-state index in [0.29, 0.717) is 16.9 Å². The molecular formula is C23H15N5O2S. The van der Waals surface area contributed by atoms with Crippen LogP contribution in [0, 0.1) is 11.3 Å². The summed E-state index contributed by atoms with van der Waals surface area (Å²) in [4.78, 5) is 20.2. The highest BCUT2D eigenvalue weighted by atomic mass is 32.1. The highest BCUT2D eigenvalue weighted by Gasteiger charge is 2.14. The summed E-state index contributed by atoms with van der Waals surface area (Å²) in [6, 6.07) is 19.4. The molecule has 31 heavy (non-hydrogen) atoms. The van der Waals surface area contributed by atoms with Gasteiger partial charge in [-0.2, -0.15) is 5.26 Å². The first-order valence-corrected chi connectivity index (χ1v) is 10.2. The Morgan fingerprint density at radius 1 is 1.10 bits per heavy atom. The molecule has 1 amide bonds. The summed E-state index contributed by atoms with van der Waals surface area (Å²) in [6.07, 6.45) is 2.37. The van der Waals surface area contributed by atoms with Gasteiger partial charge >= 0.3 is 6.09 Å². The van der Waals surface area contributed by atoms with Crippen molar-refractivity contribution in [3.63, 3.8) is 0 Å². The Morgan fingerprint density at radius 3 is 2.68 bits per heavy atom. The lowest BCUT2D eigenvalue weighted by molar-refractivity contribution is 0.210. The van der Waals surface area contributed by atoms with Gasteiger partial charge in [0.15, 0.2) is 0 Å². The highest BCUT2D eigenvalue weighted by molar-refractivity contribution is 7.21. The van der Waals surface area contributed by atoms with Crippen LogP contribution in [0.1, 0.15) is 5.56 Å². The van der Waals surface area contributed by atoms with Crippen LogP contribution in [-0.4, -0.2) is 21.2 Å². The fraction of sp³-hybridized carbons (Fsp3) is 0. The van der Waals surface area contributed by atoms with Gasteiger partial charge in [-0.15, -0.1) is 11.3 Å². The maximum absolute atomic E-state index is 10.8. The topological polar surface area (TPSA) is 114 Å². The molecule has 0 aliphatic heterocycles. The van der Waals surface area contributed by atoms with Crippen molar-refractivity contribution < 1.29 is 9.90 Å². The first-order chi connectivity index (χ1) is 15.1. The Kier molecular flexibility index (Phi) is 4.50. The monoisotopic (exact) mass is 425 g/mol. The average molecular weight is 425 g/mol. The van der Waals surface area contributed by atoms with E-state index in [0.717, 1.165) is 37.2 Å². The van der Waals surface area contributed by atoms with E-state index < -0.39 is 6.09 Å². The van der Waals surface area contributed by atoms with Crippen molar-refractivity contribution in [3.8, 4) is 16.5 Å². The first kappa shape index (κ1) is 18.7. The van der Waals surface area contributed by atoms with E-state index in [1.54, 1.807) is 18.3 Å². The Morgan fingerprint density at radius 2 is 1.90 bits per heavy atom. The number of rotatable bonds is 4. The Labute approximate surface area is 180 Å². The quantitative estimate of drug-likeness (QED) is 0.276. The maximum Gasteiger partial charge on any atom is 0.409 e. The largest absolute Gasteiger partial charge is 0.465 e. The number of hydrogen-bond donors (Lipinski definition) is 4. The second kappa shape index (κ2) is 7.48. The van der Waals surface area contributed by atoms with Crippen LogP contribution >= 0.6 is 11.3 Å². The number of aromatic amines is 1. The second-order valence-corrected chi connectivity index (χ2v) is 7.93. The fourth-order valence-corrected chi connectivity index (χ4v) is 4.48. The zero-order valence-corrected chi connectivity index (χ0v) is 16.8. The van der Waals surface area contributed by atoms with Gasteiger partial charge in [0.25, 0.3) is 0 Å². The van der Waals surface area contributed by atoms with Crippen LogP contribution in [0.25, 0.3) is 31.6 Å². The molecule has 0 saturated heterocycles. The molecule has 5 rings (SSSR count). The summed E-state index contributed by atoms with van der Waals surface area (Å²) >= 11 is 1.52. The molecule has 0 radical (unpaired) electrons. The van der Waals surface area contributed by atoms with Gasteiger partial charge in [0.05, 0.1) is 11.3 Å². The third-order valence-corrected chi connectivity index (χ3v) is 6.02. The number of amides is 1. The number of carbonyl (C=O) groups is 1. The molecule has 3 heterocycles. The van der Waals surface area contributed by atoms with Crippen molar-refractivity contribution >= 4 is 55.6 Å². The van der Waals surface area contributed by atoms with Crippen molar-refractivity contribution in [3.05, 3.63) is 72.6 Å². The summed E-state index contributed by atoms with van der Waals surface area (Å²) in [5, 5.41) is 26.1. The lowest BCUT2D eigenvalue weighted by Gasteiger charge is -2.09. The molecule has 5 aromatic rings. The zero-order chi connectivity index (χ0) is 21.4. The van der Waals surface area contributed by atoms with Crippen LogP contribution in [0.2, 0.25) is 0 Å². The van der Waals surface area contributed by atoms with Gasteiger partial charge < -0.3 is 15.4 Å². The number of fused-ring (bicyclic) bond motifs is 2. The number of H-pyrrole nitrogens is 1. The molecule has 150 valence electrons. The number of nitriles is 1. The third kappa shape index (κ3) is 3.54. The molecule has 0 unspecified atom stereocenters. The fourth-order valence-electron chi connectivity index (χ4n) is 3.47. The molecule has 0 fully saturated rings. The van der Waals surface area contributed by atoms with Crippen LogP contribution < -0.4 is 10.6 Å². The molecule has 0 atom stereocenters. The number of pyridine rings is 1. The minimum absolute atomic E-state index is 0.465. The Hall–Kier alpha value is -4.35. The summed E-state index contributed by atoms with van der Waals surface area (Å²) in [5.74, 6) is 0. The third-order valence-electron chi connectivity index (χ3n) is 4.93. The number of hydrogen-bond acceptors (Lipinski definition) is 5. The predicted octanol–water partition coefficient (Wildman–Crippen LogP) is 6.15. The van der Waals surface area contributed by atoms with Gasteiger partial charge in [-0.1, -0.05) is 12.1 Å². The van der Waals surface area contributed by atoms with Crippen molar-refractivity contribution in [2.45, 2.75) is 0 Å². The SMILES string of the molecule is N#Cc1cnc2sc(-c3ccc(NC(=O)O)cc3)cc2c1Nc1ccc2[nH]ccc2c1. The van der Waals surface area contributed by atoms with Crippen LogP contribution in [0.15, 0.2) is 67.0 Å². The molecule has 0 saturated carbocycles. The van der Waals surface area contributed by atoms with Crippen LogP contribution in [0.5, 0.6) is 0 Å². The number of nitrogens with one attached hydrogen (secondary N) is 3. The van der Waals surface area contributed by atoms with E-state index in [4.69, 9.17) is 5.11 Å². The average Bonchev–Trinajstić information content (AvgIpc) is 3.41. The molecule has 0 aliphatic rings. The molecular weight excluding hydrogens is 410 g/mol. The van der Waals surface area contributed by atoms with E-state index in [-0.39, 0.29) is 0 Å². The molecule has 4 N–H and O–H groups in total. The lowest BCUT2D eigenvalue weighted by Crippen LogP contribution is -2.06. The summed E-state index contributed by atoms with van der Waals surface area (Å²) in [7, 11) is 0. The number of benzene rings is 2. The molecule has 8 heteroatoms. The standard InChI is InChI=1S/C23H15N5O2S/c24-11-15-12-26-22-18(21(15)27-17-5-6-19-14(9-17)7-8-25-19)10-20(31-22)13-1-3-16(4-2-13)28-23(29)30/h1-10,12,25,28H,(H,26,27)(H,29,30). The number of nitrogens with zero attached hydrogens (tertiary/aromatic N) is 2. The Bertz CT molecular complexity index is 1480. The van der Waals surface area contributed by atoms with Gasteiger partial charge in [0.1, 0.15) is 10.9 Å². The zero-order valence-electron chi connectivity index (χ0n) is 16.0. The van der Waals surface area contributed by atoms with Crippen molar-refractivity contribution in [1.82, 2.24) is 9.97 Å². The predicted molar refractivity (Wildman–Crippen MR) is 123 cm³/mol. The van der Waals surface area contributed by atoms with Crippen molar-refractivity contribution in [1.29, 1.82) is 5.26 Å². The summed E-state index contributed by atoms with van der Waals surface area (Å²) in [6.45, 7) is 0. The van der Waals surface area contributed by atoms with Gasteiger partial charge in [0.2, 0.25) is 0 Å². The number of aromatic nitrogens is 2. The highest BCUT2D eigenvalue weighted by Crippen LogP contribution is 2.38. The van der Waals surface area contributed by atoms with Crippen LogP contribution in [-0.2, 0) is 0 Å². The van der Waals surface area contributed by atoms with Crippen molar-refractivity contribution in [2.75, 3.05) is 10.6 Å². The number of anilines is 3. The van der Waals surface area contributed by atoms with Gasteiger partial charge in [-0.3, -0.25) is 5.32 Å². The first-order valence-electron chi connectivity index (χ1n) is 9.38. The van der Waals surface area contributed by atoms with Crippen LogP contribution in [0.3, 0.4) is 0 Å². The molecule has 2 aromatic carbocycles. The summed E-state index contributed by atoms with van der Waals surface area (Å²) < 4.78 is 0. The maximum atomic E-state index is 10.8. The molecule has 0 bridgehead atoms. The van der Waals surface area contributed by atoms with E-state index in [2.05, 4.69) is 26.7 Å². The molecule has 3 aromatic heterocycles. The van der Waals surface area contributed by atoms with E-state index in [1.807, 2.05) is 48.7 Å². The minimum atomic E-state index is -1.10. The normalized spacial score (nSPS) is 10.8. The minimum Gasteiger partial charge on any atom is -0.465 e. The number of thiophene rings is 1. The number of carboxylic acid groups (broad SMARTS) is 1. The van der Waals surface area contributed by atoms with E-state index >= 15 is 0 Å². The molecule has 7 nitrogen and oxygen atoms in total. The van der Waals surface area contributed by atoms with Crippen LogP contribution in [0.4, 0.5) is 21.9 Å². The Balaban J connectivity index is 1.55. The van der Waals surface area contributed by atoms with Gasteiger partial charge in [-0.05, 0) is 48.0 Å². The molecule has 0 spiro atoms. The van der Waals surface area contributed by atoms with E-state index in [1.165, 1.54) is 11.3 Å². The van der Waals surface area contributed by atoms with E-state index in [9.17, 15) is 10.1 Å².